The van der Waals surface area contributed by atoms with E-state index in [4.69, 9.17) is 0 Å². The molecule has 1 atom stereocenters. The fraction of sp³-hybridized carbons (Fsp3) is 0.278. The zero-order valence-electron chi connectivity index (χ0n) is 12.4. The lowest BCUT2D eigenvalue weighted by molar-refractivity contribution is 0.757. The van der Waals surface area contributed by atoms with Crippen LogP contribution in [0.4, 0.5) is 11.4 Å². The minimum absolute atomic E-state index is 0.379. The van der Waals surface area contributed by atoms with E-state index in [1.165, 1.54) is 11.3 Å². The smallest absolute Gasteiger partial charge is 0.101 e. The van der Waals surface area contributed by atoms with Crippen molar-refractivity contribution in [2.45, 2.75) is 25.9 Å². The SMILES string of the molecule is CNCc1ccc(N2c3ccccc3CC2C)c(C#N)c1. The summed E-state index contributed by atoms with van der Waals surface area (Å²) in [5, 5.41) is 12.6. The lowest BCUT2D eigenvalue weighted by Gasteiger charge is -2.26. The number of nitrogens with zero attached hydrogens (tertiary/aromatic N) is 2. The van der Waals surface area contributed by atoms with Crippen LogP contribution in [0.3, 0.4) is 0 Å². The van der Waals surface area contributed by atoms with Crippen molar-refractivity contribution in [1.29, 1.82) is 5.26 Å². The van der Waals surface area contributed by atoms with Gasteiger partial charge < -0.3 is 10.2 Å². The maximum atomic E-state index is 9.51. The first-order valence-electron chi connectivity index (χ1n) is 7.29. The summed E-state index contributed by atoms with van der Waals surface area (Å²) in [6.45, 7) is 2.99. The molecule has 3 nitrogen and oxygen atoms in total. The van der Waals surface area contributed by atoms with Crippen molar-refractivity contribution in [2.75, 3.05) is 11.9 Å². The second-order valence-electron chi connectivity index (χ2n) is 5.55. The summed E-state index contributed by atoms with van der Waals surface area (Å²) < 4.78 is 0. The van der Waals surface area contributed by atoms with Gasteiger partial charge in [-0.25, -0.2) is 0 Å². The Kier molecular flexibility index (Phi) is 3.64. The van der Waals surface area contributed by atoms with Crippen LogP contribution in [0.5, 0.6) is 0 Å². The van der Waals surface area contributed by atoms with Gasteiger partial charge in [0.2, 0.25) is 0 Å². The Labute approximate surface area is 125 Å². The summed E-state index contributed by atoms with van der Waals surface area (Å²) in [4.78, 5) is 2.29. The quantitative estimate of drug-likeness (QED) is 0.935. The highest BCUT2D eigenvalue weighted by Crippen LogP contribution is 2.39. The summed E-state index contributed by atoms with van der Waals surface area (Å²) in [6, 6.07) is 17.3. The van der Waals surface area contributed by atoms with Crippen molar-refractivity contribution in [3.05, 3.63) is 59.2 Å². The van der Waals surface area contributed by atoms with Gasteiger partial charge in [-0.15, -0.1) is 0 Å². The molecule has 1 aliphatic rings. The fourth-order valence-corrected chi connectivity index (χ4v) is 3.13. The van der Waals surface area contributed by atoms with Crippen LogP contribution in [0.1, 0.15) is 23.6 Å². The lowest BCUT2D eigenvalue weighted by atomic mass is 10.1. The van der Waals surface area contributed by atoms with E-state index >= 15 is 0 Å². The molecule has 1 aliphatic heterocycles. The van der Waals surface area contributed by atoms with Gasteiger partial charge in [0.25, 0.3) is 0 Å². The summed E-state index contributed by atoms with van der Waals surface area (Å²) in [5.74, 6) is 0. The molecule has 0 amide bonds. The van der Waals surface area contributed by atoms with Gasteiger partial charge in [-0.3, -0.25) is 0 Å². The van der Waals surface area contributed by atoms with E-state index < -0.39 is 0 Å². The molecule has 0 saturated heterocycles. The molecular formula is C18H19N3. The molecule has 0 fully saturated rings. The number of para-hydroxylation sites is 1. The van der Waals surface area contributed by atoms with E-state index in [0.29, 0.717) is 6.04 Å². The fourth-order valence-electron chi connectivity index (χ4n) is 3.13. The van der Waals surface area contributed by atoms with Gasteiger partial charge in [0, 0.05) is 18.3 Å². The highest BCUT2D eigenvalue weighted by Gasteiger charge is 2.28. The second-order valence-corrected chi connectivity index (χ2v) is 5.55. The molecule has 2 aromatic carbocycles. The van der Waals surface area contributed by atoms with E-state index in [-0.39, 0.29) is 0 Å². The van der Waals surface area contributed by atoms with Crippen LogP contribution in [-0.4, -0.2) is 13.1 Å². The van der Waals surface area contributed by atoms with E-state index in [1.54, 1.807) is 0 Å². The van der Waals surface area contributed by atoms with Crippen molar-refractivity contribution in [3.8, 4) is 6.07 Å². The number of hydrogen-bond donors (Lipinski definition) is 1. The number of rotatable bonds is 3. The van der Waals surface area contributed by atoms with E-state index in [0.717, 1.165) is 29.8 Å². The molecule has 1 N–H and O–H groups in total. The predicted molar refractivity (Wildman–Crippen MR) is 85.7 cm³/mol. The zero-order chi connectivity index (χ0) is 14.8. The second kappa shape index (κ2) is 5.59. The van der Waals surface area contributed by atoms with Crippen LogP contribution >= 0.6 is 0 Å². The first kappa shape index (κ1) is 13.7. The predicted octanol–water partition coefficient (Wildman–Crippen LogP) is 3.36. The number of fused-ring (bicyclic) bond motifs is 1. The van der Waals surface area contributed by atoms with E-state index in [1.807, 2.05) is 13.1 Å². The molecular weight excluding hydrogens is 258 g/mol. The molecule has 0 bridgehead atoms. The molecule has 0 saturated carbocycles. The summed E-state index contributed by atoms with van der Waals surface area (Å²) >= 11 is 0. The molecule has 2 aromatic rings. The standard InChI is InChI=1S/C18H19N3/c1-13-9-15-5-3-4-6-17(15)21(13)18-8-7-14(12-20-2)10-16(18)11-19/h3-8,10,13,20H,9,12H2,1-2H3. The topological polar surface area (TPSA) is 39.1 Å². The largest absolute Gasteiger partial charge is 0.337 e. The average Bonchev–Trinajstić information content (AvgIpc) is 2.83. The molecule has 21 heavy (non-hydrogen) atoms. The van der Waals surface area contributed by atoms with Gasteiger partial charge >= 0.3 is 0 Å². The van der Waals surface area contributed by atoms with Gasteiger partial charge in [-0.2, -0.15) is 5.26 Å². The normalized spacial score (nSPS) is 16.6. The van der Waals surface area contributed by atoms with E-state index in [2.05, 4.69) is 59.6 Å². The maximum Gasteiger partial charge on any atom is 0.101 e. The van der Waals surface area contributed by atoms with Gasteiger partial charge in [0.05, 0.1) is 11.3 Å². The van der Waals surface area contributed by atoms with Crippen molar-refractivity contribution >= 4 is 11.4 Å². The van der Waals surface area contributed by atoms with Crippen LogP contribution in [0.2, 0.25) is 0 Å². The summed E-state index contributed by atoms with van der Waals surface area (Å²) in [6.07, 6.45) is 1.03. The number of anilines is 2. The molecule has 0 aromatic heterocycles. The Morgan fingerprint density at radius 2 is 2.05 bits per heavy atom. The highest BCUT2D eigenvalue weighted by molar-refractivity contribution is 5.75. The lowest BCUT2D eigenvalue weighted by Crippen LogP contribution is -2.24. The van der Waals surface area contributed by atoms with Gasteiger partial charge in [0.1, 0.15) is 6.07 Å². The Bertz CT molecular complexity index is 700. The Hall–Kier alpha value is -2.31. The number of nitriles is 1. The number of nitrogens with one attached hydrogen (secondary N) is 1. The summed E-state index contributed by atoms with van der Waals surface area (Å²) in [5.41, 5.74) is 5.47. The van der Waals surface area contributed by atoms with Crippen molar-refractivity contribution in [3.63, 3.8) is 0 Å². The van der Waals surface area contributed by atoms with Gasteiger partial charge in [0.15, 0.2) is 0 Å². The van der Waals surface area contributed by atoms with Crippen LogP contribution < -0.4 is 10.2 Å². The monoisotopic (exact) mass is 277 g/mol. The van der Waals surface area contributed by atoms with Gasteiger partial charge in [-0.1, -0.05) is 24.3 Å². The molecule has 106 valence electrons. The highest BCUT2D eigenvalue weighted by atomic mass is 15.2. The van der Waals surface area contributed by atoms with Crippen LogP contribution in [-0.2, 0) is 13.0 Å². The molecule has 0 radical (unpaired) electrons. The first-order valence-corrected chi connectivity index (χ1v) is 7.29. The van der Waals surface area contributed by atoms with Gasteiger partial charge in [-0.05, 0) is 49.7 Å². The minimum atomic E-state index is 0.379. The average molecular weight is 277 g/mol. The van der Waals surface area contributed by atoms with Crippen molar-refractivity contribution in [2.24, 2.45) is 0 Å². The van der Waals surface area contributed by atoms with Crippen molar-refractivity contribution < 1.29 is 0 Å². The number of hydrogen-bond acceptors (Lipinski definition) is 3. The van der Waals surface area contributed by atoms with Crippen LogP contribution in [0.25, 0.3) is 0 Å². The third-order valence-electron chi connectivity index (χ3n) is 4.03. The van der Waals surface area contributed by atoms with E-state index in [9.17, 15) is 5.26 Å². The third kappa shape index (κ3) is 2.39. The summed E-state index contributed by atoms with van der Waals surface area (Å²) in [7, 11) is 1.92. The molecule has 0 spiro atoms. The minimum Gasteiger partial charge on any atom is -0.337 e. The molecule has 3 rings (SSSR count). The van der Waals surface area contributed by atoms with Crippen LogP contribution in [0, 0.1) is 11.3 Å². The molecule has 1 unspecified atom stereocenters. The molecule has 1 heterocycles. The maximum absolute atomic E-state index is 9.51. The third-order valence-corrected chi connectivity index (χ3v) is 4.03. The molecule has 3 heteroatoms. The Morgan fingerprint density at radius 3 is 2.81 bits per heavy atom. The number of benzene rings is 2. The Balaban J connectivity index is 2.07. The zero-order valence-corrected chi connectivity index (χ0v) is 12.4. The van der Waals surface area contributed by atoms with Crippen molar-refractivity contribution in [1.82, 2.24) is 5.32 Å². The first-order chi connectivity index (χ1) is 10.2. The van der Waals surface area contributed by atoms with Crippen LogP contribution in [0.15, 0.2) is 42.5 Å². The molecule has 0 aliphatic carbocycles. The Morgan fingerprint density at radius 1 is 1.24 bits per heavy atom.